The number of alkyl halides is 3. The number of fused-ring (bicyclic) bond motifs is 1. The minimum atomic E-state index is -4.36. The lowest BCUT2D eigenvalue weighted by molar-refractivity contribution is -0.137. The normalized spacial score (nSPS) is 12.0. The van der Waals surface area contributed by atoms with Crippen molar-refractivity contribution < 1.29 is 23.1 Å². The summed E-state index contributed by atoms with van der Waals surface area (Å²) in [5, 5.41) is 9.74. The molecule has 1 heterocycles. The van der Waals surface area contributed by atoms with Gasteiger partial charge in [-0.1, -0.05) is 30.4 Å². The van der Waals surface area contributed by atoms with Crippen molar-refractivity contribution in [1.29, 1.82) is 0 Å². The number of aromatic nitrogens is 1. The van der Waals surface area contributed by atoms with E-state index >= 15 is 0 Å². The third-order valence-electron chi connectivity index (χ3n) is 3.70. The van der Waals surface area contributed by atoms with Crippen LogP contribution in [0.3, 0.4) is 0 Å². The number of hydrogen-bond donors (Lipinski definition) is 1. The number of benzene rings is 2. The van der Waals surface area contributed by atoms with E-state index in [-0.39, 0.29) is 5.56 Å². The van der Waals surface area contributed by atoms with Gasteiger partial charge in [-0.05, 0) is 41.5 Å². The van der Waals surface area contributed by atoms with E-state index < -0.39 is 17.7 Å². The number of nitrogens with zero attached hydrogens (tertiary/aromatic N) is 1. The Hall–Kier alpha value is -3.15. The molecular weight excluding hydrogens is 331 g/mol. The molecule has 0 aliphatic heterocycles. The Balaban J connectivity index is 1.91. The van der Waals surface area contributed by atoms with Crippen molar-refractivity contribution >= 4 is 29.0 Å². The van der Waals surface area contributed by atoms with Gasteiger partial charge < -0.3 is 5.11 Å². The quantitative estimate of drug-likeness (QED) is 0.671. The number of carbonyl (C=O) groups is 1. The van der Waals surface area contributed by atoms with Crippen LogP contribution >= 0.6 is 0 Å². The summed E-state index contributed by atoms with van der Waals surface area (Å²) in [4.78, 5) is 15.4. The second-order valence-corrected chi connectivity index (χ2v) is 5.39. The molecule has 0 aliphatic rings. The third-order valence-corrected chi connectivity index (χ3v) is 3.70. The molecule has 0 fully saturated rings. The summed E-state index contributed by atoms with van der Waals surface area (Å²) in [6, 6.07) is 11.4. The molecule has 0 bridgehead atoms. The zero-order valence-electron chi connectivity index (χ0n) is 12.8. The predicted octanol–water partition coefficient (Wildman–Crippen LogP) is 5.12. The lowest BCUT2D eigenvalue weighted by atomic mass is 10.0. The predicted molar refractivity (Wildman–Crippen MR) is 89.1 cm³/mol. The van der Waals surface area contributed by atoms with Crippen molar-refractivity contribution in [1.82, 2.24) is 4.98 Å². The maximum absolute atomic E-state index is 12.5. The average molecular weight is 343 g/mol. The SMILES string of the molecule is O=C(O)c1ccnc2ccc(C=Cc3ccc(C(F)(F)F)cc3)cc12. The van der Waals surface area contributed by atoms with Crippen LogP contribution in [0.15, 0.2) is 54.7 Å². The van der Waals surface area contributed by atoms with Crippen LogP contribution in [0, 0.1) is 0 Å². The summed E-state index contributed by atoms with van der Waals surface area (Å²) in [5.74, 6) is -1.05. The summed E-state index contributed by atoms with van der Waals surface area (Å²) in [6.45, 7) is 0. The Bertz CT molecular complexity index is 961. The number of hydrogen-bond acceptors (Lipinski definition) is 2. The van der Waals surface area contributed by atoms with Crippen molar-refractivity contribution in [2.24, 2.45) is 0 Å². The molecule has 0 saturated carbocycles. The lowest BCUT2D eigenvalue weighted by Crippen LogP contribution is -2.03. The summed E-state index contributed by atoms with van der Waals surface area (Å²) < 4.78 is 37.6. The number of carboxylic acid groups (broad SMARTS) is 1. The van der Waals surface area contributed by atoms with Crippen LogP contribution in [0.5, 0.6) is 0 Å². The fourth-order valence-corrected chi connectivity index (χ4v) is 2.43. The van der Waals surface area contributed by atoms with Gasteiger partial charge in [0.05, 0.1) is 16.6 Å². The Kier molecular flexibility index (Phi) is 4.27. The largest absolute Gasteiger partial charge is 0.478 e. The van der Waals surface area contributed by atoms with Gasteiger partial charge in [0.2, 0.25) is 0 Å². The minimum Gasteiger partial charge on any atom is -0.478 e. The zero-order valence-corrected chi connectivity index (χ0v) is 12.8. The molecule has 0 atom stereocenters. The first kappa shape index (κ1) is 16.7. The molecule has 0 aliphatic carbocycles. The molecule has 0 saturated heterocycles. The van der Waals surface area contributed by atoms with E-state index in [1.54, 1.807) is 30.4 Å². The number of halogens is 3. The van der Waals surface area contributed by atoms with Gasteiger partial charge in [0.25, 0.3) is 0 Å². The van der Waals surface area contributed by atoms with Gasteiger partial charge in [-0.15, -0.1) is 0 Å². The molecule has 1 N–H and O–H groups in total. The van der Waals surface area contributed by atoms with Crippen LogP contribution in [0.25, 0.3) is 23.1 Å². The lowest BCUT2D eigenvalue weighted by Gasteiger charge is -2.06. The molecule has 3 nitrogen and oxygen atoms in total. The highest BCUT2D eigenvalue weighted by atomic mass is 19.4. The van der Waals surface area contributed by atoms with E-state index in [1.165, 1.54) is 24.4 Å². The van der Waals surface area contributed by atoms with Crippen molar-refractivity contribution in [3.8, 4) is 0 Å². The maximum Gasteiger partial charge on any atom is 0.416 e. The molecular formula is C19H12F3NO2. The molecule has 2 aromatic carbocycles. The Morgan fingerprint density at radius 3 is 2.24 bits per heavy atom. The molecule has 0 spiro atoms. The summed E-state index contributed by atoms with van der Waals surface area (Å²) >= 11 is 0. The van der Waals surface area contributed by atoms with Crippen molar-refractivity contribution in [2.45, 2.75) is 6.18 Å². The van der Waals surface area contributed by atoms with Crippen LogP contribution in [0.4, 0.5) is 13.2 Å². The smallest absolute Gasteiger partial charge is 0.416 e. The molecule has 0 radical (unpaired) electrons. The van der Waals surface area contributed by atoms with Gasteiger partial charge in [-0.3, -0.25) is 4.98 Å². The van der Waals surface area contributed by atoms with Crippen LogP contribution < -0.4 is 0 Å². The van der Waals surface area contributed by atoms with Gasteiger partial charge in [-0.2, -0.15) is 13.2 Å². The number of pyridine rings is 1. The monoisotopic (exact) mass is 343 g/mol. The fourth-order valence-electron chi connectivity index (χ4n) is 2.43. The summed E-state index contributed by atoms with van der Waals surface area (Å²) in [6.07, 6.45) is 0.448. The molecule has 25 heavy (non-hydrogen) atoms. The standard InChI is InChI=1S/C19H12F3NO2/c20-19(21,22)14-6-3-12(4-7-14)1-2-13-5-8-17-16(11-13)15(18(24)25)9-10-23-17/h1-11H,(H,24,25). The van der Waals surface area contributed by atoms with E-state index in [0.717, 1.165) is 17.7 Å². The fraction of sp³-hybridized carbons (Fsp3) is 0.0526. The van der Waals surface area contributed by atoms with Crippen molar-refractivity contribution in [3.63, 3.8) is 0 Å². The first-order valence-electron chi connectivity index (χ1n) is 7.32. The van der Waals surface area contributed by atoms with Gasteiger partial charge in [-0.25, -0.2) is 4.79 Å². The van der Waals surface area contributed by atoms with Crippen LogP contribution in [0.1, 0.15) is 27.0 Å². The first-order chi connectivity index (χ1) is 11.8. The Labute approximate surface area is 141 Å². The van der Waals surface area contributed by atoms with Gasteiger partial charge >= 0.3 is 12.1 Å². The van der Waals surface area contributed by atoms with Crippen molar-refractivity contribution in [2.75, 3.05) is 0 Å². The van der Waals surface area contributed by atoms with E-state index in [1.807, 2.05) is 0 Å². The molecule has 0 amide bonds. The van der Waals surface area contributed by atoms with Gasteiger partial charge in [0.15, 0.2) is 0 Å². The Morgan fingerprint density at radius 2 is 1.60 bits per heavy atom. The third kappa shape index (κ3) is 3.68. The van der Waals surface area contributed by atoms with Gasteiger partial charge in [0, 0.05) is 11.6 Å². The van der Waals surface area contributed by atoms with Crippen molar-refractivity contribution in [3.05, 3.63) is 77.0 Å². The first-order valence-corrected chi connectivity index (χ1v) is 7.32. The second-order valence-electron chi connectivity index (χ2n) is 5.39. The maximum atomic E-state index is 12.5. The van der Waals surface area contributed by atoms with Crippen LogP contribution in [-0.4, -0.2) is 16.1 Å². The van der Waals surface area contributed by atoms with E-state index in [4.69, 9.17) is 0 Å². The number of rotatable bonds is 3. The molecule has 6 heteroatoms. The molecule has 3 aromatic rings. The Morgan fingerprint density at radius 1 is 0.960 bits per heavy atom. The van der Waals surface area contributed by atoms with Crippen LogP contribution in [0.2, 0.25) is 0 Å². The van der Waals surface area contributed by atoms with E-state index in [0.29, 0.717) is 16.5 Å². The molecule has 1 aromatic heterocycles. The highest BCUT2D eigenvalue weighted by Crippen LogP contribution is 2.29. The average Bonchev–Trinajstić information content (AvgIpc) is 2.58. The summed E-state index contributed by atoms with van der Waals surface area (Å²) in [5.41, 5.74) is 1.34. The van der Waals surface area contributed by atoms with Crippen LogP contribution in [-0.2, 0) is 6.18 Å². The number of carboxylic acids is 1. The topological polar surface area (TPSA) is 50.2 Å². The molecule has 0 unspecified atom stereocenters. The summed E-state index contributed by atoms with van der Waals surface area (Å²) in [7, 11) is 0. The minimum absolute atomic E-state index is 0.148. The zero-order chi connectivity index (χ0) is 18.0. The molecule has 126 valence electrons. The van der Waals surface area contributed by atoms with E-state index in [2.05, 4.69) is 4.98 Å². The highest BCUT2D eigenvalue weighted by molar-refractivity contribution is 6.03. The van der Waals surface area contributed by atoms with E-state index in [9.17, 15) is 23.1 Å². The number of aromatic carboxylic acids is 1. The molecule has 3 rings (SSSR count). The second kappa shape index (κ2) is 6.39. The van der Waals surface area contributed by atoms with Gasteiger partial charge in [0.1, 0.15) is 0 Å². The highest BCUT2D eigenvalue weighted by Gasteiger charge is 2.29.